The van der Waals surface area contributed by atoms with E-state index < -0.39 is 0 Å². The lowest BCUT2D eigenvalue weighted by Crippen LogP contribution is -2.24. The number of aromatic nitrogens is 3. The van der Waals surface area contributed by atoms with Crippen LogP contribution in [0.5, 0.6) is 5.75 Å². The van der Waals surface area contributed by atoms with Crippen LogP contribution in [0.1, 0.15) is 15.9 Å². The van der Waals surface area contributed by atoms with Crippen molar-refractivity contribution in [3.05, 3.63) is 72.3 Å². The van der Waals surface area contributed by atoms with Gasteiger partial charge in [-0.25, -0.2) is 9.97 Å². The second kappa shape index (κ2) is 7.43. The number of benzene rings is 2. The third-order valence-electron chi connectivity index (χ3n) is 4.30. The highest BCUT2D eigenvalue weighted by atomic mass is 16.3. The predicted octanol–water partition coefficient (Wildman–Crippen LogP) is 2.67. The number of anilines is 1. The number of para-hydroxylation sites is 2. The average molecular weight is 386 g/mol. The number of aromatic hydroxyl groups is 1. The number of nitrogen functional groups attached to an aromatic ring is 1. The van der Waals surface area contributed by atoms with E-state index in [4.69, 9.17) is 5.73 Å². The summed E-state index contributed by atoms with van der Waals surface area (Å²) in [6, 6.07) is 14.0. The fourth-order valence-corrected chi connectivity index (χ4v) is 2.97. The second-order valence-corrected chi connectivity index (χ2v) is 6.29. The largest absolute Gasteiger partial charge is 0.508 e. The summed E-state index contributed by atoms with van der Waals surface area (Å²) in [7, 11) is 0. The average Bonchev–Trinajstić information content (AvgIpc) is 2.99. The lowest BCUT2D eigenvalue weighted by Gasteiger charge is -2.02. The highest BCUT2D eigenvalue weighted by Crippen LogP contribution is 2.27. The first-order valence-corrected chi connectivity index (χ1v) is 8.87. The normalized spacial score (nSPS) is 11.3. The summed E-state index contributed by atoms with van der Waals surface area (Å²) >= 11 is 0. The molecule has 29 heavy (non-hydrogen) atoms. The number of hydrogen-bond acceptors (Lipinski definition) is 6. The molecule has 4 rings (SSSR count). The Hall–Kier alpha value is -4.20. The van der Waals surface area contributed by atoms with E-state index in [9.17, 15) is 9.90 Å². The van der Waals surface area contributed by atoms with E-state index in [-0.39, 0.29) is 23.0 Å². The maximum Gasteiger partial charge on any atom is 0.257 e. The van der Waals surface area contributed by atoms with E-state index in [0.29, 0.717) is 34.3 Å². The van der Waals surface area contributed by atoms with Crippen LogP contribution in [-0.2, 0) is 0 Å². The topological polar surface area (TPSA) is 118 Å². The summed E-state index contributed by atoms with van der Waals surface area (Å²) in [6.07, 6.45) is 3.10. The number of nitrogens with two attached hydrogens (primary N) is 1. The monoisotopic (exact) mass is 386 g/mol. The molecule has 1 amide bonds. The summed E-state index contributed by atoms with van der Waals surface area (Å²) in [6.45, 7) is 3.89. The highest BCUT2D eigenvalue weighted by molar-refractivity contribution is 6.10. The van der Waals surface area contributed by atoms with Crippen LogP contribution in [0.25, 0.3) is 22.2 Å². The number of fused-ring (bicyclic) bond motifs is 2. The van der Waals surface area contributed by atoms with Crippen LogP contribution >= 0.6 is 0 Å². The number of nitrogens with zero attached hydrogens (tertiary/aromatic N) is 4. The molecular weight excluding hydrogens is 368 g/mol. The molecule has 2 aromatic carbocycles. The molecule has 0 atom stereocenters. The lowest BCUT2D eigenvalue weighted by atomic mass is 10.2. The molecule has 0 saturated heterocycles. The third kappa shape index (κ3) is 3.39. The van der Waals surface area contributed by atoms with Crippen LogP contribution in [0, 0.1) is 0 Å². The van der Waals surface area contributed by atoms with Gasteiger partial charge in [-0.15, -0.1) is 6.58 Å². The van der Waals surface area contributed by atoms with Gasteiger partial charge in [0, 0.05) is 6.54 Å². The zero-order chi connectivity index (χ0) is 20.4. The maximum atomic E-state index is 12.7. The quantitative estimate of drug-likeness (QED) is 0.360. The number of carbonyl (C=O) groups excluding carboxylic acids is 1. The van der Waals surface area contributed by atoms with Crippen molar-refractivity contribution >= 4 is 40.1 Å². The molecule has 8 nitrogen and oxygen atoms in total. The molecule has 0 aliphatic rings. The number of amides is 1. The van der Waals surface area contributed by atoms with Crippen molar-refractivity contribution in [2.24, 2.45) is 5.10 Å². The van der Waals surface area contributed by atoms with Gasteiger partial charge in [0.05, 0.1) is 17.2 Å². The van der Waals surface area contributed by atoms with E-state index >= 15 is 0 Å². The number of carbonyl (C=O) groups is 1. The van der Waals surface area contributed by atoms with E-state index in [1.54, 1.807) is 30.3 Å². The van der Waals surface area contributed by atoms with Crippen molar-refractivity contribution in [2.75, 3.05) is 12.3 Å². The van der Waals surface area contributed by atoms with Crippen molar-refractivity contribution in [2.45, 2.75) is 0 Å². The van der Waals surface area contributed by atoms with Gasteiger partial charge in [-0.1, -0.05) is 30.3 Å². The van der Waals surface area contributed by atoms with E-state index in [1.165, 1.54) is 10.9 Å². The molecule has 0 fully saturated rings. The van der Waals surface area contributed by atoms with Crippen LogP contribution in [0.4, 0.5) is 5.82 Å². The number of phenols is 1. The second-order valence-electron chi connectivity index (χ2n) is 6.29. The van der Waals surface area contributed by atoms with Gasteiger partial charge in [0.15, 0.2) is 5.65 Å². The summed E-state index contributed by atoms with van der Waals surface area (Å²) in [5.74, 6) is -0.147. The van der Waals surface area contributed by atoms with Crippen molar-refractivity contribution < 1.29 is 9.90 Å². The summed E-state index contributed by atoms with van der Waals surface area (Å²) in [5.41, 5.74) is 9.17. The SMILES string of the molecule is C=CCNC(=O)c1c(N)n(N=Cc2cccc(O)c2)c2nc3ccccc3nc12. The minimum atomic E-state index is -0.386. The smallest absolute Gasteiger partial charge is 0.257 e. The van der Waals surface area contributed by atoms with E-state index in [1.807, 2.05) is 24.3 Å². The Bertz CT molecular complexity index is 1280. The number of hydrogen-bond donors (Lipinski definition) is 3. The molecular formula is C21H18N6O2. The molecule has 0 unspecified atom stereocenters. The van der Waals surface area contributed by atoms with E-state index in [0.717, 1.165) is 0 Å². The maximum absolute atomic E-state index is 12.7. The first-order chi connectivity index (χ1) is 14.1. The molecule has 0 aliphatic heterocycles. The first-order valence-electron chi connectivity index (χ1n) is 8.87. The Morgan fingerprint density at radius 2 is 1.97 bits per heavy atom. The van der Waals surface area contributed by atoms with Gasteiger partial charge in [0.2, 0.25) is 0 Å². The molecule has 0 saturated carbocycles. The third-order valence-corrected chi connectivity index (χ3v) is 4.30. The molecule has 0 bridgehead atoms. The van der Waals surface area contributed by atoms with Crippen molar-refractivity contribution in [3.63, 3.8) is 0 Å². The summed E-state index contributed by atoms with van der Waals surface area (Å²) in [4.78, 5) is 21.9. The van der Waals surface area contributed by atoms with Gasteiger partial charge in [-0.2, -0.15) is 9.78 Å². The fourth-order valence-electron chi connectivity index (χ4n) is 2.97. The Labute approximate surface area is 166 Å². The molecule has 144 valence electrons. The Balaban J connectivity index is 1.92. The molecule has 2 aromatic heterocycles. The Morgan fingerprint density at radius 3 is 2.69 bits per heavy atom. The summed E-state index contributed by atoms with van der Waals surface area (Å²) < 4.78 is 1.38. The molecule has 4 aromatic rings. The number of rotatable bonds is 5. The Morgan fingerprint density at radius 1 is 1.21 bits per heavy atom. The number of phenolic OH excluding ortho intramolecular Hbond substituents is 1. The van der Waals surface area contributed by atoms with Crippen LogP contribution in [0.2, 0.25) is 0 Å². The van der Waals surface area contributed by atoms with Gasteiger partial charge < -0.3 is 16.2 Å². The fraction of sp³-hybridized carbons (Fsp3) is 0.0476. The van der Waals surface area contributed by atoms with Crippen LogP contribution < -0.4 is 11.1 Å². The van der Waals surface area contributed by atoms with Crippen molar-refractivity contribution in [1.82, 2.24) is 20.0 Å². The standard InChI is InChI=1S/C21H18N6O2/c1-2-10-23-21(29)17-18-20(26-16-9-4-3-8-15(16)25-18)27(19(17)22)24-12-13-6-5-7-14(28)11-13/h2-9,11-12,28H,1,10,22H2,(H,23,29). The number of nitrogens with one attached hydrogen (secondary N) is 1. The van der Waals surface area contributed by atoms with Gasteiger partial charge in [0.1, 0.15) is 22.6 Å². The van der Waals surface area contributed by atoms with Crippen LogP contribution in [0.15, 0.2) is 66.3 Å². The van der Waals surface area contributed by atoms with Crippen molar-refractivity contribution in [3.8, 4) is 5.75 Å². The van der Waals surface area contributed by atoms with Crippen LogP contribution in [-0.4, -0.2) is 38.4 Å². The van der Waals surface area contributed by atoms with Crippen LogP contribution in [0.3, 0.4) is 0 Å². The summed E-state index contributed by atoms with van der Waals surface area (Å²) in [5, 5.41) is 16.7. The molecule has 8 heteroatoms. The van der Waals surface area contributed by atoms with Gasteiger partial charge in [-0.3, -0.25) is 4.79 Å². The van der Waals surface area contributed by atoms with Gasteiger partial charge in [-0.05, 0) is 29.8 Å². The lowest BCUT2D eigenvalue weighted by molar-refractivity contribution is 0.0960. The zero-order valence-electron chi connectivity index (χ0n) is 15.4. The van der Waals surface area contributed by atoms with Crippen molar-refractivity contribution in [1.29, 1.82) is 0 Å². The van der Waals surface area contributed by atoms with E-state index in [2.05, 4.69) is 27.0 Å². The molecule has 0 spiro atoms. The molecule has 0 radical (unpaired) electrons. The zero-order valence-corrected chi connectivity index (χ0v) is 15.4. The first kappa shape index (κ1) is 18.2. The Kier molecular flexibility index (Phi) is 4.66. The molecule has 2 heterocycles. The van der Waals surface area contributed by atoms with Gasteiger partial charge >= 0.3 is 0 Å². The molecule has 0 aliphatic carbocycles. The highest BCUT2D eigenvalue weighted by Gasteiger charge is 2.23. The minimum absolute atomic E-state index is 0.119. The molecule has 4 N–H and O–H groups in total. The predicted molar refractivity (Wildman–Crippen MR) is 113 cm³/mol. The minimum Gasteiger partial charge on any atom is -0.508 e. The van der Waals surface area contributed by atoms with Gasteiger partial charge in [0.25, 0.3) is 5.91 Å².